The molecule has 3 nitrogen and oxygen atoms in total. The van der Waals surface area contributed by atoms with Crippen molar-refractivity contribution in [2.45, 2.75) is 51.8 Å². The smallest absolute Gasteiger partial charge is 0.0599 e. The Morgan fingerprint density at radius 1 is 1.35 bits per heavy atom. The van der Waals surface area contributed by atoms with Crippen LogP contribution in [0.25, 0.3) is 0 Å². The van der Waals surface area contributed by atoms with E-state index in [0.717, 1.165) is 19.4 Å². The quantitative estimate of drug-likeness (QED) is 0.919. The van der Waals surface area contributed by atoms with Crippen LogP contribution in [0.4, 0.5) is 0 Å². The average molecular weight is 276 g/mol. The zero-order valence-electron chi connectivity index (χ0n) is 13.2. The van der Waals surface area contributed by atoms with Gasteiger partial charge in [-0.2, -0.15) is 0 Å². The summed E-state index contributed by atoms with van der Waals surface area (Å²) in [5.74, 6) is 0. The van der Waals surface area contributed by atoms with Crippen molar-refractivity contribution in [1.82, 2.24) is 4.90 Å². The lowest BCUT2D eigenvalue weighted by Gasteiger charge is -2.42. The first-order chi connectivity index (χ1) is 9.56. The summed E-state index contributed by atoms with van der Waals surface area (Å²) in [5.41, 5.74) is 10.1. The number of nitrogens with zero attached hydrogens (tertiary/aromatic N) is 1. The maximum atomic E-state index is 5.98. The molecule has 3 atom stereocenters. The Kier molecular flexibility index (Phi) is 5.19. The van der Waals surface area contributed by atoms with Gasteiger partial charge in [-0.15, -0.1) is 0 Å². The topological polar surface area (TPSA) is 38.5 Å². The minimum atomic E-state index is 0.367. The molecule has 1 aromatic carbocycles. The van der Waals surface area contributed by atoms with E-state index in [1.807, 2.05) is 0 Å². The first-order valence-corrected chi connectivity index (χ1v) is 7.62. The van der Waals surface area contributed by atoms with E-state index in [1.165, 1.54) is 16.7 Å². The van der Waals surface area contributed by atoms with Gasteiger partial charge in [-0.25, -0.2) is 0 Å². The molecule has 112 valence electrons. The summed E-state index contributed by atoms with van der Waals surface area (Å²) in [6.07, 6.45) is 2.51. The molecule has 0 aromatic heterocycles. The van der Waals surface area contributed by atoms with Crippen molar-refractivity contribution >= 4 is 0 Å². The summed E-state index contributed by atoms with van der Waals surface area (Å²) in [6, 6.07) is 7.63. The summed E-state index contributed by atoms with van der Waals surface area (Å²) in [5, 5.41) is 0. The zero-order chi connectivity index (χ0) is 14.7. The molecule has 0 radical (unpaired) electrons. The molecule has 0 amide bonds. The molecular formula is C17H28N2O. The monoisotopic (exact) mass is 276 g/mol. The number of methoxy groups -OCH3 is 1. The Labute approximate surface area is 123 Å². The van der Waals surface area contributed by atoms with Crippen LogP contribution in [0.5, 0.6) is 0 Å². The van der Waals surface area contributed by atoms with Crippen LogP contribution in [-0.2, 0) is 4.74 Å². The van der Waals surface area contributed by atoms with Gasteiger partial charge in [0.1, 0.15) is 0 Å². The minimum Gasteiger partial charge on any atom is -0.381 e. The van der Waals surface area contributed by atoms with E-state index in [4.69, 9.17) is 10.5 Å². The van der Waals surface area contributed by atoms with Crippen LogP contribution in [0.15, 0.2) is 18.2 Å². The van der Waals surface area contributed by atoms with E-state index in [0.29, 0.717) is 24.7 Å². The van der Waals surface area contributed by atoms with Crippen LogP contribution in [0, 0.1) is 13.8 Å². The van der Waals surface area contributed by atoms with Gasteiger partial charge in [-0.05, 0) is 50.3 Å². The van der Waals surface area contributed by atoms with Crippen LogP contribution in [-0.4, -0.2) is 37.2 Å². The second-order valence-electron chi connectivity index (χ2n) is 6.03. The molecule has 0 bridgehead atoms. The fourth-order valence-electron chi connectivity index (χ4n) is 3.20. The summed E-state index contributed by atoms with van der Waals surface area (Å²) in [4.78, 5) is 2.54. The van der Waals surface area contributed by atoms with Gasteiger partial charge in [-0.1, -0.05) is 18.2 Å². The van der Waals surface area contributed by atoms with Crippen molar-refractivity contribution in [2.24, 2.45) is 5.73 Å². The highest BCUT2D eigenvalue weighted by molar-refractivity contribution is 5.31. The highest BCUT2D eigenvalue weighted by Gasteiger charge is 2.31. The summed E-state index contributed by atoms with van der Waals surface area (Å²) in [7, 11) is 1.81. The molecule has 2 rings (SSSR count). The number of likely N-dealkylation sites (tertiary alicyclic amines) is 1. The molecule has 1 aliphatic rings. The lowest BCUT2D eigenvalue weighted by atomic mass is 9.94. The zero-order valence-corrected chi connectivity index (χ0v) is 13.2. The highest BCUT2D eigenvalue weighted by atomic mass is 16.5. The van der Waals surface area contributed by atoms with Crippen LogP contribution >= 0.6 is 0 Å². The van der Waals surface area contributed by atoms with Crippen molar-refractivity contribution in [3.8, 4) is 0 Å². The summed E-state index contributed by atoms with van der Waals surface area (Å²) in [6.45, 7) is 8.41. The van der Waals surface area contributed by atoms with Gasteiger partial charge in [0, 0.05) is 32.3 Å². The molecule has 1 heterocycles. The number of nitrogens with two attached hydrogens (primary N) is 1. The molecule has 0 saturated carbocycles. The molecule has 1 aliphatic heterocycles. The van der Waals surface area contributed by atoms with Gasteiger partial charge in [0.25, 0.3) is 0 Å². The minimum absolute atomic E-state index is 0.367. The van der Waals surface area contributed by atoms with Gasteiger partial charge in [0.05, 0.1) is 6.10 Å². The lowest BCUT2D eigenvalue weighted by molar-refractivity contribution is -0.00164. The fraction of sp³-hybridized carbons (Fsp3) is 0.647. The van der Waals surface area contributed by atoms with E-state index in [1.54, 1.807) is 7.11 Å². The first-order valence-electron chi connectivity index (χ1n) is 7.62. The Morgan fingerprint density at radius 2 is 2.10 bits per heavy atom. The van der Waals surface area contributed by atoms with Crippen molar-refractivity contribution in [3.63, 3.8) is 0 Å². The van der Waals surface area contributed by atoms with Gasteiger partial charge in [0.2, 0.25) is 0 Å². The summed E-state index contributed by atoms with van der Waals surface area (Å²) < 4.78 is 5.51. The standard InChI is InChI=1S/C17H28N2O/c1-12-5-6-15(9-13(12)2)14(3)19-8-7-17(20-4)10-16(19)11-18/h5-6,9,14,16-17H,7-8,10-11,18H2,1-4H3. The van der Waals surface area contributed by atoms with Crippen molar-refractivity contribution < 1.29 is 4.74 Å². The SMILES string of the molecule is COC1CCN(C(C)c2ccc(C)c(C)c2)C(CN)C1. The third-order valence-electron chi connectivity index (χ3n) is 4.83. The second-order valence-corrected chi connectivity index (χ2v) is 6.03. The molecule has 2 N–H and O–H groups in total. The normalized spacial score (nSPS) is 25.6. The number of hydrogen-bond acceptors (Lipinski definition) is 3. The number of rotatable bonds is 4. The van der Waals surface area contributed by atoms with E-state index in [-0.39, 0.29) is 0 Å². The molecule has 0 aliphatic carbocycles. The predicted octanol–water partition coefficient (Wildman–Crippen LogP) is 2.80. The van der Waals surface area contributed by atoms with Crippen molar-refractivity contribution in [3.05, 3.63) is 34.9 Å². The largest absolute Gasteiger partial charge is 0.381 e. The Bertz CT molecular complexity index is 447. The fourth-order valence-corrected chi connectivity index (χ4v) is 3.20. The predicted molar refractivity (Wildman–Crippen MR) is 83.9 cm³/mol. The summed E-state index contributed by atoms with van der Waals surface area (Å²) >= 11 is 0. The molecule has 3 unspecified atom stereocenters. The molecule has 3 heteroatoms. The molecule has 20 heavy (non-hydrogen) atoms. The van der Waals surface area contributed by atoms with Crippen LogP contribution in [0.1, 0.15) is 42.5 Å². The second kappa shape index (κ2) is 6.70. The average Bonchev–Trinajstić information content (AvgIpc) is 2.48. The number of hydrogen-bond donors (Lipinski definition) is 1. The maximum Gasteiger partial charge on any atom is 0.0599 e. The van der Waals surface area contributed by atoms with E-state index in [2.05, 4.69) is 43.9 Å². The Balaban J connectivity index is 2.14. The van der Waals surface area contributed by atoms with Crippen molar-refractivity contribution in [1.29, 1.82) is 0 Å². The van der Waals surface area contributed by atoms with Crippen LogP contribution in [0.2, 0.25) is 0 Å². The molecular weight excluding hydrogens is 248 g/mol. The number of benzene rings is 1. The van der Waals surface area contributed by atoms with Crippen molar-refractivity contribution in [2.75, 3.05) is 20.2 Å². The van der Waals surface area contributed by atoms with Gasteiger partial charge in [-0.3, -0.25) is 4.90 Å². The Hall–Kier alpha value is -0.900. The number of aryl methyl sites for hydroxylation is 2. The third-order valence-corrected chi connectivity index (χ3v) is 4.83. The first kappa shape index (κ1) is 15.5. The third kappa shape index (κ3) is 3.22. The highest BCUT2D eigenvalue weighted by Crippen LogP contribution is 2.29. The molecule has 1 fully saturated rings. The molecule has 1 saturated heterocycles. The Morgan fingerprint density at radius 3 is 2.70 bits per heavy atom. The molecule has 0 spiro atoms. The van der Waals surface area contributed by atoms with E-state index >= 15 is 0 Å². The van der Waals surface area contributed by atoms with Gasteiger partial charge < -0.3 is 10.5 Å². The lowest BCUT2D eigenvalue weighted by Crippen LogP contribution is -2.49. The number of piperidine rings is 1. The van der Waals surface area contributed by atoms with E-state index < -0.39 is 0 Å². The molecule has 1 aromatic rings. The van der Waals surface area contributed by atoms with Crippen LogP contribution in [0.3, 0.4) is 0 Å². The van der Waals surface area contributed by atoms with Gasteiger partial charge >= 0.3 is 0 Å². The van der Waals surface area contributed by atoms with Gasteiger partial charge in [0.15, 0.2) is 0 Å². The van der Waals surface area contributed by atoms with Crippen LogP contribution < -0.4 is 5.73 Å². The van der Waals surface area contributed by atoms with E-state index in [9.17, 15) is 0 Å². The maximum absolute atomic E-state index is 5.98. The number of ether oxygens (including phenoxy) is 1.